The van der Waals surface area contributed by atoms with E-state index in [1.165, 1.54) is 13.1 Å². The van der Waals surface area contributed by atoms with E-state index in [9.17, 15) is 18.0 Å². The van der Waals surface area contributed by atoms with E-state index < -0.39 is 23.3 Å². The van der Waals surface area contributed by atoms with Crippen molar-refractivity contribution in [3.8, 4) is 11.3 Å². The average molecular weight is 522 g/mol. The smallest absolute Gasteiger partial charge is 0.354 e. The van der Waals surface area contributed by atoms with E-state index in [1.54, 1.807) is 19.9 Å². The molecule has 2 aromatic rings. The number of alkyl halides is 4. The quantitative estimate of drug-likeness (QED) is 0.430. The van der Waals surface area contributed by atoms with Crippen LogP contribution in [0.5, 0.6) is 0 Å². The minimum Gasteiger partial charge on any atom is -0.354 e. The molecule has 1 saturated heterocycles. The van der Waals surface area contributed by atoms with Crippen LogP contribution in [0.1, 0.15) is 64.0 Å². The number of carbonyl (C=O) groups excluding carboxylic acids is 1. The van der Waals surface area contributed by atoms with Crippen molar-refractivity contribution in [2.24, 2.45) is 11.8 Å². The van der Waals surface area contributed by atoms with E-state index in [0.717, 1.165) is 25.0 Å². The number of pyridine rings is 2. The van der Waals surface area contributed by atoms with Crippen LogP contribution < -0.4 is 15.5 Å². The largest absolute Gasteiger partial charge is 0.416 e. The van der Waals surface area contributed by atoms with Crippen LogP contribution in [0, 0.1) is 11.8 Å². The van der Waals surface area contributed by atoms with Crippen molar-refractivity contribution < 1.29 is 22.4 Å². The van der Waals surface area contributed by atoms with Crippen LogP contribution in [0.15, 0.2) is 24.4 Å². The SMILES string of the molecule is CCC(C)C(=O)Nc1nccc(-c2cc(C(F)(F)F)cc(N3CCNCC3)n2)c1C(C)C(C)(F)C1CC1. The van der Waals surface area contributed by atoms with Gasteiger partial charge in [-0.15, -0.1) is 0 Å². The lowest BCUT2D eigenvalue weighted by molar-refractivity contribution is -0.137. The lowest BCUT2D eigenvalue weighted by Crippen LogP contribution is -2.44. The molecule has 10 heteroatoms. The van der Waals surface area contributed by atoms with Gasteiger partial charge in [0.2, 0.25) is 5.91 Å². The molecule has 1 aliphatic carbocycles. The summed E-state index contributed by atoms with van der Waals surface area (Å²) in [7, 11) is 0. The predicted molar refractivity (Wildman–Crippen MR) is 136 cm³/mol. The number of rotatable bonds is 8. The minimum atomic E-state index is -4.59. The first kappa shape index (κ1) is 27.3. The zero-order valence-electron chi connectivity index (χ0n) is 21.8. The number of amides is 1. The Morgan fingerprint density at radius 2 is 1.86 bits per heavy atom. The van der Waals surface area contributed by atoms with Gasteiger partial charge >= 0.3 is 6.18 Å². The number of halogens is 4. The first-order valence-electron chi connectivity index (χ1n) is 13.0. The summed E-state index contributed by atoms with van der Waals surface area (Å²) < 4.78 is 58.0. The summed E-state index contributed by atoms with van der Waals surface area (Å²) in [5.41, 5.74) is -1.66. The van der Waals surface area contributed by atoms with Crippen molar-refractivity contribution in [2.75, 3.05) is 36.4 Å². The number of hydrogen-bond donors (Lipinski definition) is 2. The molecule has 2 N–H and O–H groups in total. The maximum atomic E-state index is 16.1. The van der Waals surface area contributed by atoms with E-state index in [1.807, 2.05) is 11.8 Å². The Labute approximate surface area is 215 Å². The summed E-state index contributed by atoms with van der Waals surface area (Å²) in [6, 6.07) is 3.64. The molecule has 3 unspecified atom stereocenters. The predicted octanol–water partition coefficient (Wildman–Crippen LogP) is 5.80. The highest BCUT2D eigenvalue weighted by atomic mass is 19.4. The van der Waals surface area contributed by atoms with Crippen LogP contribution in [0.25, 0.3) is 11.3 Å². The normalized spacial score (nSPS) is 19.7. The maximum absolute atomic E-state index is 16.1. The molecule has 0 spiro atoms. The molecule has 0 radical (unpaired) electrons. The molecule has 2 aromatic heterocycles. The van der Waals surface area contributed by atoms with Crippen LogP contribution in [-0.4, -0.2) is 47.7 Å². The highest BCUT2D eigenvalue weighted by molar-refractivity contribution is 5.93. The average Bonchev–Trinajstić information content (AvgIpc) is 3.74. The van der Waals surface area contributed by atoms with Gasteiger partial charge in [-0.25, -0.2) is 14.4 Å². The number of nitrogens with zero attached hydrogens (tertiary/aromatic N) is 3. The monoisotopic (exact) mass is 521 g/mol. The van der Waals surface area contributed by atoms with Gasteiger partial charge in [0.25, 0.3) is 0 Å². The molecule has 2 aliphatic rings. The molecule has 202 valence electrons. The molecule has 6 nitrogen and oxygen atoms in total. The van der Waals surface area contributed by atoms with Crippen LogP contribution >= 0.6 is 0 Å². The Bertz CT molecular complexity index is 1130. The van der Waals surface area contributed by atoms with E-state index in [2.05, 4.69) is 20.6 Å². The summed E-state index contributed by atoms with van der Waals surface area (Å²) >= 11 is 0. The van der Waals surface area contributed by atoms with E-state index in [0.29, 0.717) is 43.7 Å². The number of nitrogens with one attached hydrogen (secondary N) is 2. The van der Waals surface area contributed by atoms with Crippen LogP contribution in [0.3, 0.4) is 0 Å². The van der Waals surface area contributed by atoms with E-state index >= 15 is 4.39 Å². The first-order valence-corrected chi connectivity index (χ1v) is 13.0. The number of anilines is 2. The Balaban J connectivity index is 1.88. The van der Waals surface area contributed by atoms with Crippen LogP contribution in [0.4, 0.5) is 29.2 Å². The minimum absolute atomic E-state index is 0.0817. The lowest BCUT2D eigenvalue weighted by Gasteiger charge is -2.32. The maximum Gasteiger partial charge on any atom is 0.416 e. The van der Waals surface area contributed by atoms with E-state index in [-0.39, 0.29) is 35.1 Å². The zero-order chi connectivity index (χ0) is 27.0. The number of hydrogen-bond acceptors (Lipinski definition) is 5. The van der Waals surface area contributed by atoms with Gasteiger partial charge in [-0.1, -0.05) is 20.8 Å². The Kier molecular flexibility index (Phi) is 7.78. The van der Waals surface area contributed by atoms with Gasteiger partial charge in [0.1, 0.15) is 17.3 Å². The molecule has 0 aromatic carbocycles. The number of aromatic nitrogens is 2. The second-order valence-electron chi connectivity index (χ2n) is 10.4. The second kappa shape index (κ2) is 10.6. The second-order valence-corrected chi connectivity index (χ2v) is 10.4. The third kappa shape index (κ3) is 5.89. The lowest BCUT2D eigenvalue weighted by atomic mass is 9.80. The summed E-state index contributed by atoms with van der Waals surface area (Å²) in [6.45, 7) is 9.21. The molecule has 1 amide bonds. The number of piperazine rings is 1. The first-order chi connectivity index (χ1) is 17.4. The molecule has 0 bridgehead atoms. The zero-order valence-corrected chi connectivity index (χ0v) is 21.8. The van der Waals surface area contributed by atoms with Crippen LogP contribution in [-0.2, 0) is 11.0 Å². The summed E-state index contributed by atoms with van der Waals surface area (Å²) in [5, 5.41) is 6.01. The van der Waals surface area contributed by atoms with Gasteiger partial charge < -0.3 is 15.5 Å². The number of carbonyl (C=O) groups is 1. The Morgan fingerprint density at radius 1 is 1.19 bits per heavy atom. The molecule has 3 heterocycles. The third-order valence-electron chi connectivity index (χ3n) is 7.80. The molecule has 1 saturated carbocycles. The highest BCUT2D eigenvalue weighted by Gasteiger charge is 2.48. The molecule has 4 rings (SSSR count). The fourth-order valence-corrected chi connectivity index (χ4v) is 4.82. The summed E-state index contributed by atoms with van der Waals surface area (Å²) in [5.74, 6) is -1.08. The fourth-order valence-electron chi connectivity index (χ4n) is 4.82. The molecule has 2 fully saturated rings. The van der Waals surface area contributed by atoms with Crippen molar-refractivity contribution in [3.05, 3.63) is 35.5 Å². The third-order valence-corrected chi connectivity index (χ3v) is 7.80. The molecule has 3 atom stereocenters. The molecule has 37 heavy (non-hydrogen) atoms. The van der Waals surface area contributed by atoms with Crippen molar-refractivity contribution in [2.45, 2.75) is 64.7 Å². The van der Waals surface area contributed by atoms with Crippen molar-refractivity contribution in [1.82, 2.24) is 15.3 Å². The van der Waals surface area contributed by atoms with Crippen molar-refractivity contribution >= 4 is 17.5 Å². The van der Waals surface area contributed by atoms with Gasteiger partial charge in [0, 0.05) is 55.3 Å². The molecule has 1 aliphatic heterocycles. The highest BCUT2D eigenvalue weighted by Crippen LogP contribution is 2.52. The van der Waals surface area contributed by atoms with Crippen molar-refractivity contribution in [1.29, 1.82) is 0 Å². The van der Waals surface area contributed by atoms with Gasteiger partial charge in [0.05, 0.1) is 11.3 Å². The summed E-state index contributed by atoms with van der Waals surface area (Å²) in [6.07, 6.45) is -1.07. The topological polar surface area (TPSA) is 70.2 Å². The fraction of sp³-hybridized carbons (Fsp3) is 0.593. The molecular formula is C27H35F4N5O. The van der Waals surface area contributed by atoms with Crippen molar-refractivity contribution in [3.63, 3.8) is 0 Å². The van der Waals surface area contributed by atoms with Gasteiger partial charge in [-0.3, -0.25) is 4.79 Å². The van der Waals surface area contributed by atoms with Gasteiger partial charge in [0.15, 0.2) is 0 Å². The Hall–Kier alpha value is -2.75. The molecular weight excluding hydrogens is 486 g/mol. The van der Waals surface area contributed by atoms with Gasteiger partial charge in [-0.05, 0) is 50.3 Å². The Morgan fingerprint density at radius 3 is 2.46 bits per heavy atom. The van der Waals surface area contributed by atoms with E-state index in [4.69, 9.17) is 0 Å². The van der Waals surface area contributed by atoms with Crippen LogP contribution in [0.2, 0.25) is 0 Å². The summed E-state index contributed by atoms with van der Waals surface area (Å²) in [4.78, 5) is 23.6. The van der Waals surface area contributed by atoms with Gasteiger partial charge in [-0.2, -0.15) is 13.2 Å². The standard InChI is InChI=1S/C27H35F4N5O/c1-5-16(2)25(37)35-24-23(17(3)26(4,28)18-6-7-18)20(8-9-33-24)21-14-19(27(29,30)31)15-22(34-21)36-12-10-32-11-13-36/h8-9,14-18,32H,5-7,10-13H2,1-4H3,(H,33,35,37).